The molecule has 2 aliphatic heterocycles. The first-order valence-electron chi connectivity index (χ1n) is 8.84. The van der Waals surface area contributed by atoms with Gasteiger partial charge in [-0.15, -0.1) is 0 Å². The Hall–Kier alpha value is -2.50. The van der Waals surface area contributed by atoms with Crippen LogP contribution in [0, 0.1) is 13.8 Å². The molecule has 0 bridgehead atoms. The number of benzene rings is 1. The van der Waals surface area contributed by atoms with Crippen molar-refractivity contribution in [3.05, 3.63) is 41.2 Å². The zero-order valence-electron chi connectivity index (χ0n) is 14.7. The molecule has 4 rings (SSSR count). The summed E-state index contributed by atoms with van der Waals surface area (Å²) >= 11 is 0. The minimum Gasteiger partial charge on any atom is -0.454 e. The van der Waals surface area contributed by atoms with Crippen LogP contribution < -0.4 is 9.47 Å². The average molecular weight is 341 g/mol. The number of carbonyl (C=O) groups excluding carboxylic acids is 1. The largest absolute Gasteiger partial charge is 0.454 e. The molecular weight excluding hydrogens is 318 g/mol. The summed E-state index contributed by atoms with van der Waals surface area (Å²) in [4.78, 5) is 15.2. The Morgan fingerprint density at radius 3 is 2.96 bits per heavy atom. The lowest BCUT2D eigenvalue weighted by molar-refractivity contribution is 0.0578. The summed E-state index contributed by atoms with van der Waals surface area (Å²) in [5.41, 5.74) is 2.74. The predicted molar refractivity (Wildman–Crippen MR) is 92.9 cm³/mol. The van der Waals surface area contributed by atoms with Crippen molar-refractivity contribution in [1.82, 2.24) is 14.7 Å². The lowest BCUT2D eigenvalue weighted by atomic mass is 10.00. The quantitative estimate of drug-likeness (QED) is 0.861. The maximum absolute atomic E-state index is 13.2. The highest BCUT2D eigenvalue weighted by Crippen LogP contribution is 2.36. The van der Waals surface area contributed by atoms with Gasteiger partial charge in [-0.1, -0.05) is 6.07 Å². The van der Waals surface area contributed by atoms with Crippen LogP contribution in [0.15, 0.2) is 24.3 Å². The number of para-hydroxylation sites is 1. The number of amides is 1. The van der Waals surface area contributed by atoms with E-state index in [9.17, 15) is 4.79 Å². The molecule has 0 aliphatic carbocycles. The Morgan fingerprint density at radius 2 is 2.16 bits per heavy atom. The van der Waals surface area contributed by atoms with E-state index in [1.54, 1.807) is 0 Å². The molecule has 1 fully saturated rings. The summed E-state index contributed by atoms with van der Waals surface area (Å²) in [6.45, 7) is 5.74. The predicted octanol–water partition coefficient (Wildman–Crippen LogP) is 2.92. The molecule has 0 N–H and O–H groups in total. The van der Waals surface area contributed by atoms with E-state index in [-0.39, 0.29) is 18.7 Å². The number of hydrogen-bond acceptors (Lipinski definition) is 4. The third kappa shape index (κ3) is 2.97. The molecule has 1 unspecified atom stereocenters. The average Bonchev–Trinajstić information content (AvgIpc) is 3.21. The second-order valence-corrected chi connectivity index (χ2v) is 6.80. The van der Waals surface area contributed by atoms with Gasteiger partial charge >= 0.3 is 0 Å². The van der Waals surface area contributed by atoms with E-state index in [1.165, 1.54) is 0 Å². The van der Waals surface area contributed by atoms with Crippen LogP contribution in [0.3, 0.4) is 0 Å². The van der Waals surface area contributed by atoms with E-state index in [0.717, 1.165) is 43.7 Å². The van der Waals surface area contributed by atoms with E-state index in [4.69, 9.17) is 9.47 Å². The van der Waals surface area contributed by atoms with Crippen LogP contribution >= 0.6 is 0 Å². The Balaban J connectivity index is 1.60. The Bertz CT molecular complexity index is 799. The molecule has 6 nitrogen and oxygen atoms in total. The van der Waals surface area contributed by atoms with Crippen LogP contribution in [-0.2, 0) is 6.54 Å². The van der Waals surface area contributed by atoms with E-state index < -0.39 is 0 Å². The standard InChI is InChI=1S/C19H23N3O3/c1-13-10-14(2)22(20-13)11-15-6-3-4-9-21(15)19(23)16-7-5-8-17-18(16)25-12-24-17/h5,7-8,10,15H,3-4,6,9,11-12H2,1-2H3. The maximum atomic E-state index is 13.2. The number of aromatic nitrogens is 2. The number of fused-ring (bicyclic) bond motifs is 1. The Labute approximate surface area is 147 Å². The van der Waals surface area contributed by atoms with Crippen LogP contribution in [-0.4, -0.2) is 40.0 Å². The van der Waals surface area contributed by atoms with Gasteiger partial charge in [0.15, 0.2) is 11.5 Å². The van der Waals surface area contributed by atoms with Crippen molar-refractivity contribution < 1.29 is 14.3 Å². The van der Waals surface area contributed by atoms with Crippen molar-refractivity contribution in [2.24, 2.45) is 0 Å². The van der Waals surface area contributed by atoms with Gasteiger partial charge in [0.1, 0.15) is 0 Å². The smallest absolute Gasteiger partial charge is 0.258 e. The first-order chi connectivity index (χ1) is 12.1. The number of hydrogen-bond donors (Lipinski definition) is 0. The lowest BCUT2D eigenvalue weighted by Crippen LogP contribution is -2.46. The van der Waals surface area contributed by atoms with Gasteiger partial charge in [-0.25, -0.2) is 0 Å². The third-order valence-electron chi connectivity index (χ3n) is 5.00. The van der Waals surface area contributed by atoms with Crippen molar-refractivity contribution in [1.29, 1.82) is 0 Å². The molecule has 0 radical (unpaired) electrons. The molecule has 3 heterocycles. The van der Waals surface area contributed by atoms with Crippen molar-refractivity contribution in [2.75, 3.05) is 13.3 Å². The summed E-state index contributed by atoms with van der Waals surface area (Å²) in [5, 5.41) is 4.56. The van der Waals surface area contributed by atoms with Gasteiger partial charge in [-0.2, -0.15) is 5.10 Å². The highest BCUT2D eigenvalue weighted by molar-refractivity contribution is 5.98. The number of nitrogens with zero attached hydrogens (tertiary/aromatic N) is 3. The number of likely N-dealkylation sites (tertiary alicyclic amines) is 1. The van der Waals surface area contributed by atoms with Crippen LogP contribution in [0.5, 0.6) is 11.5 Å². The maximum Gasteiger partial charge on any atom is 0.258 e. The SMILES string of the molecule is Cc1cc(C)n(CC2CCCCN2C(=O)c2cccc3c2OCO3)n1. The molecule has 0 saturated carbocycles. The van der Waals surface area contributed by atoms with Crippen LogP contribution in [0.4, 0.5) is 0 Å². The topological polar surface area (TPSA) is 56.6 Å². The molecule has 2 aliphatic rings. The van der Waals surface area contributed by atoms with E-state index in [1.807, 2.05) is 34.7 Å². The van der Waals surface area contributed by atoms with E-state index >= 15 is 0 Å². The Kier molecular flexibility index (Phi) is 4.11. The monoisotopic (exact) mass is 341 g/mol. The van der Waals surface area contributed by atoms with Crippen LogP contribution in [0.1, 0.15) is 41.0 Å². The second kappa shape index (κ2) is 6.43. The highest BCUT2D eigenvalue weighted by Gasteiger charge is 2.31. The molecule has 25 heavy (non-hydrogen) atoms. The highest BCUT2D eigenvalue weighted by atomic mass is 16.7. The van der Waals surface area contributed by atoms with E-state index in [2.05, 4.69) is 18.1 Å². The number of piperidine rings is 1. The van der Waals surface area contributed by atoms with E-state index in [0.29, 0.717) is 17.1 Å². The van der Waals surface area contributed by atoms with Crippen molar-refractivity contribution in [2.45, 2.75) is 45.7 Å². The van der Waals surface area contributed by atoms with Gasteiger partial charge < -0.3 is 14.4 Å². The minimum absolute atomic E-state index is 0.0218. The van der Waals surface area contributed by atoms with Crippen LogP contribution in [0.2, 0.25) is 0 Å². The normalized spacial score (nSPS) is 19.3. The summed E-state index contributed by atoms with van der Waals surface area (Å²) in [5.74, 6) is 1.24. The van der Waals surface area contributed by atoms with Gasteiger partial charge in [0.2, 0.25) is 6.79 Å². The third-order valence-corrected chi connectivity index (χ3v) is 5.00. The van der Waals surface area contributed by atoms with Crippen molar-refractivity contribution >= 4 is 5.91 Å². The number of ether oxygens (including phenoxy) is 2. The van der Waals surface area contributed by atoms with Gasteiger partial charge in [0, 0.05) is 12.2 Å². The fraction of sp³-hybridized carbons (Fsp3) is 0.474. The van der Waals surface area contributed by atoms with Gasteiger partial charge in [0.05, 0.1) is 23.8 Å². The molecule has 1 atom stereocenters. The molecule has 6 heteroatoms. The number of rotatable bonds is 3. The molecule has 1 amide bonds. The summed E-state index contributed by atoms with van der Waals surface area (Å²) in [6, 6.07) is 7.73. The number of aryl methyl sites for hydroxylation is 2. The van der Waals surface area contributed by atoms with Gasteiger partial charge in [0.25, 0.3) is 5.91 Å². The first kappa shape index (κ1) is 16.0. The molecule has 0 spiro atoms. The second-order valence-electron chi connectivity index (χ2n) is 6.80. The molecule has 2 aromatic rings. The molecule has 1 aromatic carbocycles. The zero-order valence-corrected chi connectivity index (χ0v) is 14.7. The van der Waals surface area contributed by atoms with Crippen molar-refractivity contribution in [3.63, 3.8) is 0 Å². The summed E-state index contributed by atoms with van der Waals surface area (Å²) in [6.07, 6.45) is 3.17. The molecule has 1 aromatic heterocycles. The summed E-state index contributed by atoms with van der Waals surface area (Å²) < 4.78 is 13.0. The van der Waals surface area contributed by atoms with Gasteiger partial charge in [-0.05, 0) is 51.3 Å². The fourth-order valence-corrected chi connectivity index (χ4v) is 3.77. The molecular formula is C19H23N3O3. The lowest BCUT2D eigenvalue weighted by Gasteiger charge is -2.36. The molecule has 1 saturated heterocycles. The van der Waals surface area contributed by atoms with Crippen LogP contribution in [0.25, 0.3) is 0 Å². The fourth-order valence-electron chi connectivity index (χ4n) is 3.77. The van der Waals surface area contributed by atoms with Crippen molar-refractivity contribution in [3.8, 4) is 11.5 Å². The summed E-state index contributed by atoms with van der Waals surface area (Å²) in [7, 11) is 0. The minimum atomic E-state index is 0.0218. The Morgan fingerprint density at radius 1 is 1.28 bits per heavy atom. The van der Waals surface area contributed by atoms with Gasteiger partial charge in [-0.3, -0.25) is 9.48 Å². The molecule has 132 valence electrons. The zero-order chi connectivity index (χ0) is 17.4. The number of carbonyl (C=O) groups is 1. The first-order valence-corrected chi connectivity index (χ1v) is 8.84.